The number of hydroxylamine groups is 1. The van der Waals surface area contributed by atoms with Gasteiger partial charge in [0.1, 0.15) is 42.4 Å². The molecule has 0 bridgehead atoms. The fourth-order valence-corrected chi connectivity index (χ4v) is 7.73. The van der Waals surface area contributed by atoms with E-state index in [0.29, 0.717) is 13.1 Å². The monoisotopic (exact) mass is 779 g/mol. The van der Waals surface area contributed by atoms with Crippen molar-refractivity contribution in [2.75, 3.05) is 32.0 Å². The van der Waals surface area contributed by atoms with Crippen LogP contribution in [0.3, 0.4) is 0 Å². The van der Waals surface area contributed by atoms with E-state index in [-0.39, 0.29) is 29.0 Å². The van der Waals surface area contributed by atoms with Crippen LogP contribution in [0.1, 0.15) is 38.3 Å². The van der Waals surface area contributed by atoms with Gasteiger partial charge in [-0.1, -0.05) is 18.9 Å². The Morgan fingerprint density at radius 1 is 0.962 bits per heavy atom. The number of phosphoric acid groups is 2. The summed E-state index contributed by atoms with van der Waals surface area (Å²) in [4.78, 5) is 51.4. The van der Waals surface area contributed by atoms with Crippen molar-refractivity contribution in [2.24, 2.45) is 11.5 Å². The Kier molecular flexibility index (Phi) is 13.5. The number of primary amides is 1. The van der Waals surface area contributed by atoms with Gasteiger partial charge in [-0.3, -0.25) is 23.2 Å². The average Bonchev–Trinajstić information content (AvgIpc) is 3.75. The van der Waals surface area contributed by atoms with E-state index in [1.165, 1.54) is 22.0 Å². The van der Waals surface area contributed by atoms with Crippen LogP contribution in [0.4, 0.5) is 5.82 Å². The third-order valence-corrected chi connectivity index (χ3v) is 10.9. The molecule has 0 aromatic carbocycles. The number of rotatable bonds is 19. The van der Waals surface area contributed by atoms with E-state index in [4.69, 9.17) is 40.6 Å². The second-order valence-corrected chi connectivity index (χ2v) is 15.1. The van der Waals surface area contributed by atoms with Gasteiger partial charge in [0.05, 0.1) is 19.5 Å². The molecular formula is C27H43N9O14P2. The minimum atomic E-state index is -5.39. The number of carbonyl (C=O) groups excluding carboxylic acids is 1. The van der Waals surface area contributed by atoms with Crippen LogP contribution in [-0.2, 0) is 41.6 Å². The first-order valence-corrected chi connectivity index (χ1v) is 19.2. The molecule has 12 N–H and O–H groups in total. The van der Waals surface area contributed by atoms with E-state index in [1.54, 1.807) is 12.3 Å². The van der Waals surface area contributed by atoms with Crippen LogP contribution in [0, 0.1) is 0 Å². The van der Waals surface area contributed by atoms with Crippen LogP contribution < -0.4 is 22.7 Å². The molecule has 2 saturated heterocycles. The van der Waals surface area contributed by atoms with Gasteiger partial charge in [0.2, 0.25) is 5.91 Å². The quantitative estimate of drug-likeness (QED) is 0.0438. The van der Waals surface area contributed by atoms with Crippen molar-refractivity contribution in [2.45, 2.75) is 81.2 Å². The van der Waals surface area contributed by atoms with Crippen molar-refractivity contribution in [3.8, 4) is 0 Å². The lowest BCUT2D eigenvalue weighted by Crippen LogP contribution is -2.45. The molecule has 2 aromatic heterocycles. The number of anilines is 1. The Balaban J connectivity index is 1.16. The number of carbonyl (C=O) groups is 1. The molecule has 52 heavy (non-hydrogen) atoms. The van der Waals surface area contributed by atoms with Crippen LogP contribution >= 0.6 is 15.6 Å². The molecular weight excluding hydrogens is 736 g/mol. The maximum absolute atomic E-state index is 12.7. The van der Waals surface area contributed by atoms with Crippen LogP contribution in [0.15, 0.2) is 36.7 Å². The van der Waals surface area contributed by atoms with Gasteiger partial charge < -0.3 is 56.7 Å². The van der Waals surface area contributed by atoms with Crippen molar-refractivity contribution in [3.63, 3.8) is 0 Å². The van der Waals surface area contributed by atoms with E-state index in [9.17, 15) is 39.0 Å². The summed E-state index contributed by atoms with van der Waals surface area (Å²) in [5.74, 6) is -0.618. The zero-order chi connectivity index (χ0) is 37.6. The number of nitrogen functional groups attached to an aromatic ring is 1. The molecule has 290 valence electrons. The highest BCUT2D eigenvalue weighted by Crippen LogP contribution is 2.60. The molecule has 5 rings (SSSR count). The third kappa shape index (κ3) is 9.77. The molecule has 5 heterocycles. The van der Waals surface area contributed by atoms with E-state index in [1.807, 2.05) is 0 Å². The zero-order valence-electron chi connectivity index (χ0n) is 27.6. The number of unbranched alkanes of at least 4 members (excludes halogenated alkanes) is 3. The van der Waals surface area contributed by atoms with Gasteiger partial charge in [0.15, 0.2) is 30.0 Å². The number of phosphoric ester groups is 2. The lowest BCUT2D eigenvalue weighted by Gasteiger charge is -2.30. The van der Waals surface area contributed by atoms with Crippen LogP contribution in [0.2, 0.25) is 0 Å². The Bertz CT molecular complexity index is 1700. The van der Waals surface area contributed by atoms with Gasteiger partial charge in [-0.25, -0.2) is 29.6 Å². The molecule has 2 aromatic rings. The fraction of sp³-hybridized carbons (Fsp3) is 0.630. The molecule has 3 aliphatic rings. The standard InChI is InChI=1S/C27H43N9O14P2/c28-7-3-1-2-4-8-34-49-22-20(38)17(48-27(22)35-9-5-6-15(10-35)24(30)40)12-46-52(43,44)50-51(41,42)45-11-16-19(37)21(39)26(47-16)36-14-33-18-23(29)31-13-32-25(18)36/h5,9-10,13-14,16-17,19-22,26-27,34,37-39H,1-4,6-8,11-12,28H2,(H2,30,40)(H,41,42)(H,43,44)(H2,29,31,32)/t16-,17-,19-,20+,21-,22-,26-,27-/m1/s1. The largest absolute Gasteiger partial charge is 0.481 e. The highest BCUT2D eigenvalue weighted by Gasteiger charge is 2.49. The van der Waals surface area contributed by atoms with E-state index >= 15 is 0 Å². The number of nitrogens with one attached hydrogen (secondary N) is 1. The third-order valence-electron chi connectivity index (χ3n) is 8.30. The number of amides is 1. The minimum absolute atomic E-state index is 0.0556. The Labute approximate surface area is 296 Å². The lowest BCUT2D eigenvalue weighted by molar-refractivity contribution is -0.118. The van der Waals surface area contributed by atoms with Crippen LogP contribution in [0.25, 0.3) is 11.2 Å². The van der Waals surface area contributed by atoms with E-state index < -0.39 is 83.8 Å². The highest BCUT2D eigenvalue weighted by atomic mass is 31.3. The maximum atomic E-state index is 12.7. The molecule has 23 nitrogen and oxygen atoms in total. The predicted molar refractivity (Wildman–Crippen MR) is 176 cm³/mol. The van der Waals surface area contributed by atoms with Gasteiger partial charge in [0, 0.05) is 24.5 Å². The Morgan fingerprint density at radius 2 is 1.63 bits per heavy atom. The number of imidazole rings is 1. The minimum Gasteiger partial charge on any atom is -0.387 e. The number of hydrogen-bond acceptors (Lipinski definition) is 19. The highest BCUT2D eigenvalue weighted by molar-refractivity contribution is 7.61. The molecule has 0 spiro atoms. The van der Waals surface area contributed by atoms with E-state index in [2.05, 4.69) is 24.7 Å². The first kappa shape index (κ1) is 40.2. The lowest BCUT2D eigenvalue weighted by atomic mass is 10.1. The summed E-state index contributed by atoms with van der Waals surface area (Å²) in [5, 5.41) is 32.2. The number of ether oxygens (including phenoxy) is 2. The number of nitrogens with zero attached hydrogens (tertiary/aromatic N) is 5. The summed E-state index contributed by atoms with van der Waals surface area (Å²) in [6.07, 6.45) is -0.264. The number of nitrogens with two attached hydrogens (primary N) is 3. The fourth-order valence-electron chi connectivity index (χ4n) is 5.64. The van der Waals surface area contributed by atoms with Gasteiger partial charge in [0.25, 0.3) is 0 Å². The topological polar surface area (TPSA) is 345 Å². The molecule has 0 aliphatic carbocycles. The first-order chi connectivity index (χ1) is 24.7. The number of aliphatic hydroxyl groups is 3. The summed E-state index contributed by atoms with van der Waals surface area (Å²) in [6, 6.07) is 0. The average molecular weight is 780 g/mol. The zero-order valence-corrected chi connectivity index (χ0v) is 29.4. The van der Waals surface area contributed by atoms with Crippen molar-refractivity contribution < 1.29 is 66.7 Å². The van der Waals surface area contributed by atoms with Crippen molar-refractivity contribution in [1.82, 2.24) is 29.9 Å². The summed E-state index contributed by atoms with van der Waals surface area (Å²) in [7, 11) is -10.8. The summed E-state index contributed by atoms with van der Waals surface area (Å²) in [5.41, 5.74) is 20.1. The molecule has 25 heteroatoms. The molecule has 0 saturated carbocycles. The normalized spacial score (nSPS) is 30.0. The molecule has 2 fully saturated rings. The number of hydrogen-bond donors (Lipinski definition) is 9. The van der Waals surface area contributed by atoms with Crippen LogP contribution in [-0.4, -0.2) is 125 Å². The first-order valence-electron chi connectivity index (χ1n) is 16.2. The molecule has 0 radical (unpaired) electrons. The molecule has 10 atom stereocenters. The summed E-state index contributed by atoms with van der Waals surface area (Å²) in [6.45, 7) is -0.719. The number of aromatic nitrogens is 4. The number of allylic oxidation sites excluding steroid dienone is 1. The van der Waals surface area contributed by atoms with Gasteiger partial charge in [-0.05, 0) is 25.8 Å². The Morgan fingerprint density at radius 3 is 2.33 bits per heavy atom. The maximum Gasteiger partial charge on any atom is 0.481 e. The second kappa shape index (κ2) is 17.5. The summed E-state index contributed by atoms with van der Waals surface area (Å²) < 4.78 is 52.3. The van der Waals surface area contributed by atoms with Gasteiger partial charge >= 0.3 is 15.6 Å². The SMILES string of the molecule is NCCCCCCNO[C@@H]1[C@@H](O)[C@@H](COP(=O)(O)OP(=O)(O)OC[C@H]2O[C@@H](n3cnc4c(N)ncnc43)[C@H](O)[C@@H]2O)O[C@H]1N1C=CCC(C(N)=O)=C1. The van der Waals surface area contributed by atoms with Crippen molar-refractivity contribution in [3.05, 3.63) is 36.7 Å². The number of aliphatic hydroxyl groups excluding tert-OH is 3. The molecule has 1 amide bonds. The second-order valence-electron chi connectivity index (χ2n) is 12.0. The van der Waals surface area contributed by atoms with Crippen molar-refractivity contribution >= 4 is 38.5 Å². The predicted octanol–water partition coefficient (Wildman–Crippen LogP) is -1.64. The van der Waals surface area contributed by atoms with Crippen molar-refractivity contribution in [1.29, 1.82) is 0 Å². The molecule has 2 unspecified atom stereocenters. The number of fused-ring (bicyclic) bond motifs is 1. The van der Waals surface area contributed by atoms with Gasteiger partial charge in [-0.2, -0.15) is 4.31 Å². The van der Waals surface area contributed by atoms with Gasteiger partial charge in [-0.15, -0.1) is 0 Å². The van der Waals surface area contributed by atoms with Crippen LogP contribution in [0.5, 0.6) is 0 Å². The smallest absolute Gasteiger partial charge is 0.387 e. The molecule has 3 aliphatic heterocycles. The summed E-state index contributed by atoms with van der Waals surface area (Å²) >= 11 is 0. The Hall–Kier alpha value is -2.96. The van der Waals surface area contributed by atoms with E-state index in [0.717, 1.165) is 32.0 Å².